The summed E-state index contributed by atoms with van der Waals surface area (Å²) in [6.45, 7) is 12.8. The van der Waals surface area contributed by atoms with Gasteiger partial charge in [0.25, 0.3) is 10.0 Å². The molecule has 6 heteroatoms. The average Bonchev–Trinajstić information content (AvgIpc) is 2.40. The summed E-state index contributed by atoms with van der Waals surface area (Å²) >= 11 is 0. The zero-order valence-corrected chi connectivity index (χ0v) is 14.5. The van der Waals surface area contributed by atoms with Gasteiger partial charge in [-0.25, -0.2) is 8.42 Å². The maximum Gasteiger partial charge on any atom is 0.257 e. The summed E-state index contributed by atoms with van der Waals surface area (Å²) in [7, 11) is -3.79. The largest absolute Gasteiger partial charge is 0.277 e. The van der Waals surface area contributed by atoms with Crippen LogP contribution in [-0.2, 0) is 14.8 Å². The topological polar surface area (TPSA) is 75.3 Å². The minimum absolute atomic E-state index is 0.243. The molecular formula is C15H24N2O3S. The lowest BCUT2D eigenvalue weighted by molar-refractivity contribution is -0.124. The Morgan fingerprint density at radius 3 is 1.62 bits per heavy atom. The molecule has 0 heterocycles. The lowest BCUT2D eigenvalue weighted by Gasteiger charge is -2.19. The van der Waals surface area contributed by atoms with Gasteiger partial charge in [-0.05, 0) is 62.4 Å². The average molecular weight is 312 g/mol. The molecule has 1 aromatic carbocycles. The summed E-state index contributed by atoms with van der Waals surface area (Å²) in [5.41, 5.74) is 6.67. The van der Waals surface area contributed by atoms with Gasteiger partial charge < -0.3 is 0 Å². The normalized spacial score (nSPS) is 11.8. The van der Waals surface area contributed by atoms with Gasteiger partial charge in [-0.15, -0.1) is 4.83 Å². The van der Waals surface area contributed by atoms with Crippen molar-refractivity contribution in [2.75, 3.05) is 0 Å². The summed E-state index contributed by atoms with van der Waals surface area (Å²) in [6, 6.07) is 0. The Bertz CT molecular complexity index is 648. The number of benzene rings is 1. The Morgan fingerprint density at radius 1 is 0.857 bits per heavy atom. The van der Waals surface area contributed by atoms with Crippen molar-refractivity contribution in [1.82, 2.24) is 10.3 Å². The highest BCUT2D eigenvalue weighted by atomic mass is 32.2. The van der Waals surface area contributed by atoms with Crippen LogP contribution in [0.15, 0.2) is 4.90 Å². The molecule has 0 saturated carbocycles. The van der Waals surface area contributed by atoms with Crippen molar-refractivity contribution >= 4 is 15.9 Å². The Labute approximate surface area is 127 Å². The Morgan fingerprint density at radius 2 is 1.24 bits per heavy atom. The van der Waals surface area contributed by atoms with Gasteiger partial charge in [-0.1, -0.05) is 13.8 Å². The first kappa shape index (κ1) is 17.7. The van der Waals surface area contributed by atoms with Crippen LogP contribution in [0.1, 0.15) is 41.7 Å². The third-order valence-electron chi connectivity index (χ3n) is 4.03. The molecule has 1 aromatic rings. The van der Waals surface area contributed by atoms with Crippen molar-refractivity contribution in [3.05, 3.63) is 27.8 Å². The standard InChI is InChI=1S/C15H24N2O3S/c1-8(2)15(18)16-17-21(19,20)14-12(6)10(4)9(3)11(5)13(14)7/h8,17H,1-7H3,(H,16,18). The molecule has 0 fully saturated rings. The van der Waals surface area contributed by atoms with Crippen molar-refractivity contribution < 1.29 is 13.2 Å². The number of hydrazine groups is 1. The van der Waals surface area contributed by atoms with Crippen molar-refractivity contribution in [1.29, 1.82) is 0 Å². The number of amides is 1. The van der Waals surface area contributed by atoms with Gasteiger partial charge in [0.2, 0.25) is 5.91 Å². The second-order valence-corrected chi connectivity index (χ2v) is 7.32. The molecule has 0 aromatic heterocycles. The molecule has 1 amide bonds. The maximum absolute atomic E-state index is 12.5. The molecule has 0 aliphatic rings. The van der Waals surface area contributed by atoms with Crippen LogP contribution in [0.3, 0.4) is 0 Å². The minimum atomic E-state index is -3.79. The van der Waals surface area contributed by atoms with E-state index in [0.717, 1.165) is 16.7 Å². The van der Waals surface area contributed by atoms with Crippen LogP contribution in [0.4, 0.5) is 0 Å². The molecular weight excluding hydrogens is 288 g/mol. The number of sulfonamides is 1. The van der Waals surface area contributed by atoms with E-state index in [9.17, 15) is 13.2 Å². The van der Waals surface area contributed by atoms with E-state index in [2.05, 4.69) is 10.3 Å². The lowest BCUT2D eigenvalue weighted by Crippen LogP contribution is -2.43. The van der Waals surface area contributed by atoms with E-state index in [0.29, 0.717) is 11.1 Å². The highest BCUT2D eigenvalue weighted by Gasteiger charge is 2.24. The second-order valence-electron chi connectivity index (χ2n) is 5.70. The van der Waals surface area contributed by atoms with E-state index in [1.165, 1.54) is 0 Å². The molecule has 0 saturated heterocycles. The molecule has 0 aliphatic carbocycles. The van der Waals surface area contributed by atoms with Gasteiger partial charge >= 0.3 is 0 Å². The number of hydrogen-bond acceptors (Lipinski definition) is 3. The molecule has 0 unspecified atom stereocenters. The highest BCUT2D eigenvalue weighted by molar-refractivity contribution is 7.89. The Hall–Kier alpha value is -1.40. The third kappa shape index (κ3) is 3.44. The highest BCUT2D eigenvalue weighted by Crippen LogP contribution is 2.29. The fourth-order valence-electron chi connectivity index (χ4n) is 2.18. The van der Waals surface area contributed by atoms with E-state index in [-0.39, 0.29) is 16.7 Å². The minimum Gasteiger partial charge on any atom is -0.277 e. The van der Waals surface area contributed by atoms with E-state index < -0.39 is 10.0 Å². The monoisotopic (exact) mass is 312 g/mol. The first-order valence-corrected chi connectivity index (χ1v) is 8.37. The first-order chi connectivity index (χ1) is 9.50. The number of carbonyl (C=O) groups is 1. The van der Waals surface area contributed by atoms with Gasteiger partial charge in [-0.2, -0.15) is 0 Å². The van der Waals surface area contributed by atoms with Crippen molar-refractivity contribution in [3.8, 4) is 0 Å². The fraction of sp³-hybridized carbons (Fsp3) is 0.533. The van der Waals surface area contributed by atoms with Crippen LogP contribution in [0.5, 0.6) is 0 Å². The predicted octanol–water partition coefficient (Wildman–Crippen LogP) is 2.19. The van der Waals surface area contributed by atoms with Gasteiger partial charge in [-0.3, -0.25) is 10.2 Å². The van der Waals surface area contributed by atoms with Crippen LogP contribution >= 0.6 is 0 Å². The van der Waals surface area contributed by atoms with E-state index in [1.54, 1.807) is 27.7 Å². The summed E-state index contributed by atoms with van der Waals surface area (Å²) in [4.78, 5) is 14.0. The van der Waals surface area contributed by atoms with E-state index >= 15 is 0 Å². The zero-order chi connectivity index (χ0) is 16.5. The summed E-state index contributed by atoms with van der Waals surface area (Å²) < 4.78 is 25.0. The zero-order valence-electron chi connectivity index (χ0n) is 13.7. The van der Waals surface area contributed by atoms with E-state index in [4.69, 9.17) is 0 Å². The molecule has 118 valence electrons. The lowest BCUT2D eigenvalue weighted by atomic mass is 9.95. The van der Waals surface area contributed by atoms with Gasteiger partial charge in [0.1, 0.15) is 0 Å². The van der Waals surface area contributed by atoms with Crippen molar-refractivity contribution in [2.24, 2.45) is 5.92 Å². The number of nitrogens with one attached hydrogen (secondary N) is 2. The molecule has 0 radical (unpaired) electrons. The van der Waals surface area contributed by atoms with Gasteiger partial charge in [0.05, 0.1) is 4.90 Å². The fourth-order valence-corrected chi connectivity index (χ4v) is 3.63. The van der Waals surface area contributed by atoms with Crippen LogP contribution in [0.25, 0.3) is 0 Å². The van der Waals surface area contributed by atoms with Crippen molar-refractivity contribution in [3.63, 3.8) is 0 Å². The maximum atomic E-state index is 12.5. The van der Waals surface area contributed by atoms with E-state index in [1.807, 2.05) is 20.8 Å². The Balaban J connectivity index is 3.30. The second kappa shape index (κ2) is 6.15. The first-order valence-electron chi connectivity index (χ1n) is 6.89. The summed E-state index contributed by atoms with van der Waals surface area (Å²) in [5, 5.41) is 0. The molecule has 0 aliphatic heterocycles. The summed E-state index contributed by atoms with van der Waals surface area (Å²) in [6.07, 6.45) is 0. The van der Waals surface area contributed by atoms with Gasteiger partial charge in [0, 0.05) is 5.92 Å². The SMILES string of the molecule is Cc1c(C)c(C)c(S(=O)(=O)NNC(=O)C(C)C)c(C)c1C. The van der Waals surface area contributed by atoms with Crippen LogP contribution < -0.4 is 10.3 Å². The third-order valence-corrected chi connectivity index (χ3v) is 5.55. The molecule has 21 heavy (non-hydrogen) atoms. The number of hydrogen-bond donors (Lipinski definition) is 2. The quantitative estimate of drug-likeness (QED) is 0.837. The van der Waals surface area contributed by atoms with Crippen molar-refractivity contribution in [2.45, 2.75) is 53.4 Å². The van der Waals surface area contributed by atoms with Gasteiger partial charge in [0.15, 0.2) is 0 Å². The smallest absolute Gasteiger partial charge is 0.257 e. The van der Waals surface area contributed by atoms with Crippen LogP contribution in [0.2, 0.25) is 0 Å². The number of rotatable bonds is 4. The molecule has 0 spiro atoms. The Kier molecular flexibility index (Phi) is 5.17. The molecule has 2 N–H and O–H groups in total. The molecule has 0 bridgehead atoms. The molecule has 1 rings (SSSR count). The number of carbonyl (C=O) groups excluding carboxylic acids is 1. The van der Waals surface area contributed by atoms with Crippen LogP contribution in [-0.4, -0.2) is 14.3 Å². The predicted molar refractivity (Wildman–Crippen MR) is 83.4 cm³/mol. The molecule has 0 atom stereocenters. The summed E-state index contributed by atoms with van der Waals surface area (Å²) in [5.74, 6) is -0.661. The molecule has 5 nitrogen and oxygen atoms in total. The van der Waals surface area contributed by atoms with Crippen LogP contribution in [0, 0.1) is 40.5 Å².